The van der Waals surface area contributed by atoms with Crippen molar-refractivity contribution in [2.24, 2.45) is 0 Å². The van der Waals surface area contributed by atoms with Gasteiger partial charge in [0.1, 0.15) is 0 Å². The fraction of sp³-hybridized carbons (Fsp3) is 0.250. The highest BCUT2D eigenvalue weighted by Crippen LogP contribution is 2.21. The van der Waals surface area contributed by atoms with Crippen LogP contribution in [-0.4, -0.2) is 6.54 Å². The van der Waals surface area contributed by atoms with E-state index in [1.165, 1.54) is 5.56 Å². The minimum absolute atomic E-state index is 0.276. The first-order valence-electron chi connectivity index (χ1n) is 6.49. The van der Waals surface area contributed by atoms with Crippen LogP contribution in [0.2, 0.25) is 15.1 Å². The van der Waals surface area contributed by atoms with Crippen LogP contribution < -0.4 is 5.32 Å². The Kier molecular flexibility index (Phi) is 5.74. The fourth-order valence-corrected chi connectivity index (χ4v) is 2.65. The lowest BCUT2D eigenvalue weighted by atomic mass is 10.1. The zero-order valence-electron chi connectivity index (χ0n) is 11.2. The van der Waals surface area contributed by atoms with E-state index in [0.717, 1.165) is 28.6 Å². The third kappa shape index (κ3) is 4.39. The molecule has 1 unspecified atom stereocenters. The Labute approximate surface area is 134 Å². The summed E-state index contributed by atoms with van der Waals surface area (Å²) in [6.45, 7) is 2.98. The molecule has 20 heavy (non-hydrogen) atoms. The number of hydrogen-bond acceptors (Lipinski definition) is 1. The van der Waals surface area contributed by atoms with Gasteiger partial charge in [0.15, 0.2) is 0 Å². The van der Waals surface area contributed by atoms with Gasteiger partial charge < -0.3 is 5.32 Å². The van der Waals surface area contributed by atoms with Gasteiger partial charge in [-0.25, -0.2) is 0 Å². The second kappa shape index (κ2) is 7.33. The molecule has 1 atom stereocenters. The topological polar surface area (TPSA) is 12.0 Å². The quantitative estimate of drug-likeness (QED) is 0.760. The lowest BCUT2D eigenvalue weighted by Crippen LogP contribution is -2.21. The molecule has 0 heterocycles. The molecule has 0 saturated heterocycles. The van der Waals surface area contributed by atoms with E-state index in [9.17, 15) is 0 Å². The molecule has 2 aromatic rings. The van der Waals surface area contributed by atoms with Gasteiger partial charge in [-0.05, 0) is 55.3 Å². The molecule has 0 bridgehead atoms. The smallest absolute Gasteiger partial charge is 0.0453 e. The maximum Gasteiger partial charge on any atom is 0.0453 e. The molecule has 2 aromatic carbocycles. The first-order valence-corrected chi connectivity index (χ1v) is 7.62. The maximum absolute atomic E-state index is 6.15. The lowest BCUT2D eigenvalue weighted by molar-refractivity contribution is 0.577. The molecule has 0 amide bonds. The van der Waals surface area contributed by atoms with E-state index in [-0.39, 0.29) is 6.04 Å². The van der Waals surface area contributed by atoms with Crippen molar-refractivity contribution in [2.45, 2.75) is 19.4 Å². The van der Waals surface area contributed by atoms with Crippen LogP contribution in [0, 0.1) is 0 Å². The summed E-state index contributed by atoms with van der Waals surface area (Å²) in [5, 5.41) is 5.62. The number of rotatable bonds is 5. The van der Waals surface area contributed by atoms with Gasteiger partial charge in [-0.1, -0.05) is 53.0 Å². The van der Waals surface area contributed by atoms with Crippen LogP contribution in [0.3, 0.4) is 0 Å². The van der Waals surface area contributed by atoms with Crippen molar-refractivity contribution in [1.82, 2.24) is 5.32 Å². The van der Waals surface area contributed by atoms with Crippen LogP contribution in [0.25, 0.3) is 0 Å². The number of benzene rings is 2. The largest absolute Gasteiger partial charge is 0.310 e. The molecular weight excluding hydrogens is 313 g/mol. The Morgan fingerprint density at radius 2 is 1.60 bits per heavy atom. The molecule has 0 aliphatic carbocycles. The molecule has 0 aromatic heterocycles. The average molecular weight is 329 g/mol. The summed E-state index contributed by atoms with van der Waals surface area (Å²) in [6, 6.07) is 13.8. The zero-order chi connectivity index (χ0) is 14.5. The molecule has 0 fully saturated rings. The molecule has 1 nitrogen and oxygen atoms in total. The van der Waals surface area contributed by atoms with E-state index in [1.54, 1.807) is 6.07 Å². The van der Waals surface area contributed by atoms with Crippen LogP contribution in [0.5, 0.6) is 0 Å². The normalized spacial score (nSPS) is 12.4. The summed E-state index contributed by atoms with van der Waals surface area (Å²) in [7, 11) is 0. The van der Waals surface area contributed by atoms with Gasteiger partial charge in [-0.2, -0.15) is 0 Å². The summed E-state index contributed by atoms with van der Waals surface area (Å²) < 4.78 is 0. The summed E-state index contributed by atoms with van der Waals surface area (Å²) in [4.78, 5) is 0. The van der Waals surface area contributed by atoms with Crippen LogP contribution in [0.1, 0.15) is 24.1 Å². The summed E-state index contributed by atoms with van der Waals surface area (Å²) in [6.07, 6.45) is 0.869. The first-order chi connectivity index (χ1) is 9.56. The Morgan fingerprint density at radius 3 is 2.25 bits per heavy atom. The molecular formula is C16H16Cl3N. The van der Waals surface area contributed by atoms with Gasteiger partial charge in [0.25, 0.3) is 0 Å². The molecule has 4 heteroatoms. The van der Waals surface area contributed by atoms with E-state index in [1.807, 2.05) is 36.4 Å². The number of halogens is 3. The van der Waals surface area contributed by atoms with Gasteiger partial charge in [0, 0.05) is 21.1 Å². The minimum atomic E-state index is 0.276. The molecule has 2 rings (SSSR count). The van der Waals surface area contributed by atoms with Gasteiger partial charge in [-0.3, -0.25) is 0 Å². The van der Waals surface area contributed by atoms with Crippen molar-refractivity contribution >= 4 is 34.8 Å². The summed E-state index contributed by atoms with van der Waals surface area (Å²) in [5.74, 6) is 0. The van der Waals surface area contributed by atoms with E-state index < -0.39 is 0 Å². The SMILES string of the molecule is CC(NCCc1ccc(Cl)cc1Cl)c1ccc(Cl)cc1. The van der Waals surface area contributed by atoms with E-state index in [2.05, 4.69) is 12.2 Å². The maximum atomic E-state index is 6.15. The van der Waals surface area contributed by atoms with Crippen molar-refractivity contribution < 1.29 is 0 Å². The highest BCUT2D eigenvalue weighted by Gasteiger charge is 2.06. The average Bonchev–Trinajstić information content (AvgIpc) is 2.42. The highest BCUT2D eigenvalue weighted by atomic mass is 35.5. The third-order valence-electron chi connectivity index (χ3n) is 3.23. The molecule has 0 spiro atoms. The predicted molar refractivity (Wildman–Crippen MR) is 88.0 cm³/mol. The molecule has 0 aliphatic heterocycles. The van der Waals surface area contributed by atoms with Crippen molar-refractivity contribution in [3.63, 3.8) is 0 Å². The summed E-state index contributed by atoms with van der Waals surface area (Å²) in [5.41, 5.74) is 2.32. The molecule has 0 aliphatic rings. The Balaban J connectivity index is 1.87. The zero-order valence-corrected chi connectivity index (χ0v) is 13.4. The summed E-state index contributed by atoms with van der Waals surface area (Å²) >= 11 is 17.9. The predicted octanol–water partition coefficient (Wildman–Crippen LogP) is 5.54. The monoisotopic (exact) mass is 327 g/mol. The highest BCUT2D eigenvalue weighted by molar-refractivity contribution is 6.35. The first kappa shape index (κ1) is 15.7. The number of hydrogen-bond donors (Lipinski definition) is 1. The van der Waals surface area contributed by atoms with Crippen LogP contribution in [-0.2, 0) is 6.42 Å². The van der Waals surface area contributed by atoms with E-state index >= 15 is 0 Å². The van der Waals surface area contributed by atoms with Gasteiger partial charge in [-0.15, -0.1) is 0 Å². The Morgan fingerprint density at radius 1 is 0.950 bits per heavy atom. The van der Waals surface area contributed by atoms with Crippen LogP contribution >= 0.6 is 34.8 Å². The van der Waals surface area contributed by atoms with Gasteiger partial charge in [0.2, 0.25) is 0 Å². The van der Waals surface area contributed by atoms with Crippen molar-refractivity contribution in [3.8, 4) is 0 Å². The van der Waals surface area contributed by atoms with Crippen molar-refractivity contribution in [3.05, 3.63) is 68.7 Å². The van der Waals surface area contributed by atoms with Crippen LogP contribution in [0.4, 0.5) is 0 Å². The van der Waals surface area contributed by atoms with E-state index in [0.29, 0.717) is 5.02 Å². The fourth-order valence-electron chi connectivity index (χ4n) is 2.02. The second-order valence-electron chi connectivity index (χ2n) is 4.71. The Hall–Kier alpha value is -0.730. The van der Waals surface area contributed by atoms with Gasteiger partial charge >= 0.3 is 0 Å². The standard InChI is InChI=1S/C16H16Cl3N/c1-11(12-2-5-14(17)6-3-12)20-9-8-13-4-7-15(18)10-16(13)19/h2-7,10-11,20H,8-9H2,1H3. The minimum Gasteiger partial charge on any atom is -0.310 e. The molecule has 106 valence electrons. The molecule has 1 N–H and O–H groups in total. The number of nitrogens with one attached hydrogen (secondary N) is 1. The van der Waals surface area contributed by atoms with E-state index in [4.69, 9.17) is 34.8 Å². The lowest BCUT2D eigenvalue weighted by Gasteiger charge is -2.14. The van der Waals surface area contributed by atoms with Crippen molar-refractivity contribution in [2.75, 3.05) is 6.54 Å². The third-order valence-corrected chi connectivity index (χ3v) is 4.07. The molecule has 0 saturated carbocycles. The molecule has 0 radical (unpaired) electrons. The Bertz CT molecular complexity index is 566. The van der Waals surface area contributed by atoms with Crippen molar-refractivity contribution in [1.29, 1.82) is 0 Å². The second-order valence-corrected chi connectivity index (χ2v) is 5.99. The van der Waals surface area contributed by atoms with Crippen LogP contribution in [0.15, 0.2) is 42.5 Å². The van der Waals surface area contributed by atoms with Gasteiger partial charge in [0.05, 0.1) is 0 Å².